The van der Waals surface area contributed by atoms with Gasteiger partial charge < -0.3 is 10.2 Å². The van der Waals surface area contributed by atoms with E-state index in [1.807, 2.05) is 35.7 Å². The summed E-state index contributed by atoms with van der Waals surface area (Å²) >= 11 is 1.86. The van der Waals surface area contributed by atoms with Crippen LogP contribution in [0.4, 0.5) is 5.69 Å². The Hall–Kier alpha value is -1.57. The fourth-order valence-corrected chi connectivity index (χ4v) is 4.87. The predicted molar refractivity (Wildman–Crippen MR) is 120 cm³/mol. The Morgan fingerprint density at radius 2 is 1.76 bits per heavy atom. The first-order valence-corrected chi connectivity index (χ1v) is 11.6. The van der Waals surface area contributed by atoms with Crippen LogP contribution in [0.1, 0.15) is 33.6 Å². The predicted octanol–water partition coefficient (Wildman–Crippen LogP) is 2.44. The number of anilines is 1. The molecule has 0 saturated carbocycles. The SMILES string of the molecule is CCC(C)NC(=O)CN1CCN(CC(=O)N2CCC(C)Sc3ccccc32)CC1. The van der Waals surface area contributed by atoms with Crippen molar-refractivity contribution in [2.24, 2.45) is 0 Å². The highest BCUT2D eigenvalue weighted by molar-refractivity contribution is 8.00. The van der Waals surface area contributed by atoms with Crippen molar-refractivity contribution in [3.8, 4) is 0 Å². The summed E-state index contributed by atoms with van der Waals surface area (Å²) in [6.45, 7) is 11.3. The zero-order valence-corrected chi connectivity index (χ0v) is 18.7. The van der Waals surface area contributed by atoms with Crippen LogP contribution in [0.5, 0.6) is 0 Å². The summed E-state index contributed by atoms with van der Waals surface area (Å²) in [4.78, 5) is 32.8. The molecule has 2 aliphatic rings. The van der Waals surface area contributed by atoms with Gasteiger partial charge >= 0.3 is 0 Å². The van der Waals surface area contributed by atoms with Crippen LogP contribution in [0.25, 0.3) is 0 Å². The van der Waals surface area contributed by atoms with Crippen molar-refractivity contribution < 1.29 is 9.59 Å². The van der Waals surface area contributed by atoms with Crippen molar-refractivity contribution in [1.29, 1.82) is 0 Å². The van der Waals surface area contributed by atoms with E-state index in [0.29, 0.717) is 18.3 Å². The van der Waals surface area contributed by atoms with Crippen LogP contribution in [-0.2, 0) is 9.59 Å². The molecule has 2 amide bonds. The zero-order chi connectivity index (χ0) is 20.8. The minimum absolute atomic E-state index is 0.0941. The van der Waals surface area contributed by atoms with Crippen molar-refractivity contribution in [1.82, 2.24) is 15.1 Å². The summed E-state index contributed by atoms with van der Waals surface area (Å²) in [5.74, 6) is 0.270. The summed E-state index contributed by atoms with van der Waals surface area (Å²) < 4.78 is 0. The minimum Gasteiger partial charge on any atom is -0.353 e. The molecular formula is C22H34N4O2S. The highest BCUT2D eigenvalue weighted by Crippen LogP contribution is 2.37. The second-order valence-corrected chi connectivity index (χ2v) is 9.64. The maximum atomic E-state index is 13.1. The molecule has 2 heterocycles. The Morgan fingerprint density at radius 1 is 1.10 bits per heavy atom. The van der Waals surface area contributed by atoms with E-state index in [0.717, 1.165) is 51.3 Å². The molecule has 1 saturated heterocycles. The quantitative estimate of drug-likeness (QED) is 0.769. The smallest absolute Gasteiger partial charge is 0.241 e. The highest BCUT2D eigenvalue weighted by Gasteiger charge is 2.27. The first kappa shape index (κ1) is 22.1. The van der Waals surface area contributed by atoms with Gasteiger partial charge in [0.25, 0.3) is 0 Å². The van der Waals surface area contributed by atoms with Gasteiger partial charge in [-0.25, -0.2) is 0 Å². The summed E-state index contributed by atoms with van der Waals surface area (Å²) in [6.07, 6.45) is 1.95. The van der Waals surface area contributed by atoms with Crippen LogP contribution in [0.15, 0.2) is 29.2 Å². The van der Waals surface area contributed by atoms with E-state index >= 15 is 0 Å². The number of hydrogen-bond donors (Lipinski definition) is 1. The van der Waals surface area contributed by atoms with Crippen molar-refractivity contribution in [2.45, 2.75) is 49.8 Å². The first-order chi connectivity index (χ1) is 14.0. The number of benzene rings is 1. The molecule has 0 aromatic heterocycles. The molecule has 2 aliphatic heterocycles. The highest BCUT2D eigenvalue weighted by atomic mass is 32.2. The first-order valence-electron chi connectivity index (χ1n) is 10.8. The van der Waals surface area contributed by atoms with Gasteiger partial charge in [-0.15, -0.1) is 11.8 Å². The second-order valence-electron chi connectivity index (χ2n) is 8.16. The Labute approximate surface area is 179 Å². The van der Waals surface area contributed by atoms with Crippen LogP contribution in [0.2, 0.25) is 0 Å². The average molecular weight is 419 g/mol. The molecule has 0 spiro atoms. The lowest BCUT2D eigenvalue weighted by Gasteiger charge is -2.35. The van der Waals surface area contributed by atoms with Crippen molar-refractivity contribution in [3.63, 3.8) is 0 Å². The molecule has 1 fully saturated rings. The van der Waals surface area contributed by atoms with Crippen LogP contribution in [0, 0.1) is 0 Å². The number of para-hydroxylation sites is 1. The van der Waals surface area contributed by atoms with Gasteiger partial charge in [0.2, 0.25) is 11.8 Å². The monoisotopic (exact) mass is 418 g/mol. The largest absolute Gasteiger partial charge is 0.353 e. The third kappa shape index (κ3) is 6.20. The zero-order valence-electron chi connectivity index (χ0n) is 17.9. The minimum atomic E-state index is 0.0941. The van der Waals surface area contributed by atoms with E-state index < -0.39 is 0 Å². The van der Waals surface area contributed by atoms with Gasteiger partial charge in [-0.2, -0.15) is 0 Å². The second kappa shape index (κ2) is 10.5. The summed E-state index contributed by atoms with van der Waals surface area (Å²) in [5.41, 5.74) is 1.05. The topological polar surface area (TPSA) is 55.9 Å². The maximum Gasteiger partial charge on any atom is 0.241 e. The van der Waals surface area contributed by atoms with Crippen LogP contribution in [0.3, 0.4) is 0 Å². The lowest BCUT2D eigenvalue weighted by atomic mass is 10.2. The average Bonchev–Trinajstić information content (AvgIpc) is 2.87. The molecule has 2 unspecified atom stereocenters. The Kier molecular flexibility index (Phi) is 7.98. The van der Waals surface area contributed by atoms with E-state index in [-0.39, 0.29) is 17.9 Å². The third-order valence-corrected chi connectivity index (χ3v) is 6.99. The summed E-state index contributed by atoms with van der Waals surface area (Å²) in [5, 5.41) is 3.54. The van der Waals surface area contributed by atoms with Gasteiger partial charge in [0.05, 0.1) is 18.8 Å². The molecule has 1 aromatic carbocycles. The Balaban J connectivity index is 1.50. The number of fused-ring (bicyclic) bond motifs is 1. The lowest BCUT2D eigenvalue weighted by Crippen LogP contribution is -2.52. The number of piperazine rings is 1. The number of rotatable bonds is 6. The fraction of sp³-hybridized carbons (Fsp3) is 0.636. The molecule has 0 aliphatic carbocycles. The third-order valence-electron chi connectivity index (χ3n) is 5.76. The number of carbonyl (C=O) groups excluding carboxylic acids is 2. The number of nitrogens with zero attached hydrogens (tertiary/aromatic N) is 3. The molecule has 160 valence electrons. The van der Waals surface area contributed by atoms with Crippen molar-refractivity contribution in [3.05, 3.63) is 24.3 Å². The molecule has 0 radical (unpaired) electrons. The number of amides is 2. The van der Waals surface area contributed by atoms with Crippen LogP contribution >= 0.6 is 11.8 Å². The van der Waals surface area contributed by atoms with Gasteiger partial charge in [0.1, 0.15) is 0 Å². The standard InChI is InChI=1S/C22H34N4O2S/c1-4-17(2)23-21(27)15-24-11-13-25(14-12-24)16-22(28)26-10-9-18(3)29-20-8-6-5-7-19(20)26/h5-8,17-18H,4,9-16H2,1-3H3,(H,23,27). The van der Waals surface area contributed by atoms with Gasteiger partial charge in [0.15, 0.2) is 0 Å². The van der Waals surface area contributed by atoms with E-state index in [2.05, 4.69) is 41.1 Å². The van der Waals surface area contributed by atoms with E-state index in [1.165, 1.54) is 4.90 Å². The lowest BCUT2D eigenvalue weighted by molar-refractivity contribution is -0.124. The van der Waals surface area contributed by atoms with Gasteiger partial charge in [-0.3, -0.25) is 19.4 Å². The van der Waals surface area contributed by atoms with Gasteiger partial charge in [-0.05, 0) is 31.9 Å². The number of thioether (sulfide) groups is 1. The van der Waals surface area contributed by atoms with Crippen LogP contribution in [-0.4, -0.2) is 78.7 Å². The molecule has 2 atom stereocenters. The van der Waals surface area contributed by atoms with Gasteiger partial charge in [-0.1, -0.05) is 26.0 Å². The van der Waals surface area contributed by atoms with E-state index in [9.17, 15) is 9.59 Å². The molecule has 1 aromatic rings. The maximum absolute atomic E-state index is 13.1. The molecule has 0 bridgehead atoms. The Morgan fingerprint density at radius 3 is 2.45 bits per heavy atom. The van der Waals surface area contributed by atoms with Crippen molar-refractivity contribution >= 4 is 29.3 Å². The molecule has 1 N–H and O–H groups in total. The molecule has 7 heteroatoms. The number of nitrogens with one attached hydrogen (secondary N) is 1. The number of carbonyl (C=O) groups is 2. The molecular weight excluding hydrogens is 384 g/mol. The van der Waals surface area contributed by atoms with E-state index in [4.69, 9.17) is 0 Å². The molecule has 3 rings (SSSR count). The summed E-state index contributed by atoms with van der Waals surface area (Å²) in [6, 6.07) is 8.46. The van der Waals surface area contributed by atoms with Gasteiger partial charge in [0, 0.05) is 48.9 Å². The normalized spacial score (nSPS) is 21.9. The molecule has 6 nitrogen and oxygen atoms in total. The molecule has 29 heavy (non-hydrogen) atoms. The van der Waals surface area contributed by atoms with Crippen molar-refractivity contribution in [2.75, 3.05) is 50.7 Å². The van der Waals surface area contributed by atoms with E-state index in [1.54, 1.807) is 0 Å². The van der Waals surface area contributed by atoms with Crippen LogP contribution < -0.4 is 10.2 Å². The Bertz CT molecular complexity index is 706. The fourth-order valence-electron chi connectivity index (χ4n) is 3.75. The number of hydrogen-bond acceptors (Lipinski definition) is 5. The summed E-state index contributed by atoms with van der Waals surface area (Å²) in [7, 11) is 0.